The molecule has 0 atom stereocenters. The van der Waals surface area contributed by atoms with E-state index >= 15 is 0 Å². The minimum Gasteiger partial charge on any atom is -1.00 e. The van der Waals surface area contributed by atoms with E-state index in [0.29, 0.717) is 5.41 Å². The van der Waals surface area contributed by atoms with E-state index in [4.69, 9.17) is 0 Å². The van der Waals surface area contributed by atoms with Crippen LogP contribution in [-0.2, 0) is 42.5 Å². The molecular weight excluding hydrogens is 643 g/mol. The Bertz CT molecular complexity index is 1510. The van der Waals surface area contributed by atoms with E-state index in [0.717, 1.165) is 12.8 Å². The van der Waals surface area contributed by atoms with Crippen LogP contribution in [0.3, 0.4) is 0 Å². The summed E-state index contributed by atoms with van der Waals surface area (Å²) in [7, 11) is 0. The summed E-state index contributed by atoms with van der Waals surface area (Å²) in [4.78, 5) is 0. The van der Waals surface area contributed by atoms with Crippen LogP contribution in [0.25, 0.3) is 11.1 Å². The first kappa shape index (κ1) is 36.8. The molecular formula is C40H42Cl2Zr-2. The van der Waals surface area contributed by atoms with Crippen molar-refractivity contribution in [1.29, 1.82) is 0 Å². The van der Waals surface area contributed by atoms with Crippen molar-refractivity contribution in [3.8, 4) is 11.1 Å². The van der Waals surface area contributed by atoms with Gasteiger partial charge < -0.3 is 24.8 Å². The van der Waals surface area contributed by atoms with Gasteiger partial charge in [0.2, 0.25) is 0 Å². The van der Waals surface area contributed by atoms with Crippen molar-refractivity contribution >= 4 is 3.21 Å². The van der Waals surface area contributed by atoms with Crippen LogP contribution >= 0.6 is 0 Å². The van der Waals surface area contributed by atoms with Crippen molar-refractivity contribution in [3.63, 3.8) is 0 Å². The van der Waals surface area contributed by atoms with Gasteiger partial charge in [0.1, 0.15) is 0 Å². The van der Waals surface area contributed by atoms with Crippen molar-refractivity contribution < 1.29 is 49.0 Å². The van der Waals surface area contributed by atoms with Crippen LogP contribution in [0.5, 0.6) is 0 Å². The molecule has 0 radical (unpaired) electrons. The zero-order chi connectivity index (χ0) is 29.6. The van der Waals surface area contributed by atoms with E-state index in [-0.39, 0.29) is 24.8 Å². The van der Waals surface area contributed by atoms with Gasteiger partial charge in [-0.3, -0.25) is 0 Å². The van der Waals surface area contributed by atoms with Gasteiger partial charge in [0.15, 0.2) is 0 Å². The first-order chi connectivity index (χ1) is 19.6. The number of hydrogen-bond acceptors (Lipinski definition) is 0. The van der Waals surface area contributed by atoms with Crippen LogP contribution in [0.4, 0.5) is 0 Å². The Kier molecular flexibility index (Phi) is 14.2. The Labute approximate surface area is 287 Å². The fraction of sp³-hybridized carbons (Fsp3) is 0.250. The third kappa shape index (κ3) is 9.78. The Balaban J connectivity index is 0.000000222. The van der Waals surface area contributed by atoms with Crippen molar-refractivity contribution in [3.05, 3.63) is 159 Å². The van der Waals surface area contributed by atoms with E-state index in [1.165, 1.54) is 88.6 Å². The van der Waals surface area contributed by atoms with Crippen LogP contribution in [0.2, 0.25) is 0 Å². The normalized spacial score (nSPS) is 10.9. The smallest absolute Gasteiger partial charge is 0.0253 e. The van der Waals surface area contributed by atoms with Gasteiger partial charge in [-0.05, 0) is 6.42 Å². The first-order valence-corrected chi connectivity index (χ1v) is 15.9. The topological polar surface area (TPSA) is 0 Å². The molecule has 0 nitrogen and oxygen atoms in total. The van der Waals surface area contributed by atoms with Gasteiger partial charge in [-0.2, -0.15) is 52.6 Å². The summed E-state index contributed by atoms with van der Waals surface area (Å²) >= 11 is 1.46. The maximum Gasteiger partial charge on any atom is -0.0253 e. The third-order valence-electron chi connectivity index (χ3n) is 7.61. The van der Waals surface area contributed by atoms with Gasteiger partial charge in [0.25, 0.3) is 0 Å². The van der Waals surface area contributed by atoms with Gasteiger partial charge in [-0.1, -0.05) is 81.8 Å². The Hall–Kier alpha value is -2.44. The molecule has 0 saturated heterocycles. The van der Waals surface area contributed by atoms with E-state index in [1.54, 1.807) is 0 Å². The van der Waals surface area contributed by atoms with E-state index in [9.17, 15) is 0 Å². The Morgan fingerprint density at radius 1 is 0.767 bits per heavy atom. The molecule has 6 rings (SSSR count). The molecule has 0 fully saturated rings. The standard InChI is InChI=1S/C15H14.C13H9.C12H19.2ClH.Zr/c1-12-3-7-14(8-4-12)11-15-9-5-13(2)6-10-15;1-3-7-12-10(5-1)9-11-6-2-4-8-13(11)12;1-6-10-7-9(2)8-11(10)12(3,4)5;;;/h3-10H,1-2H3;1-5,7-8H,9H2;7-8H,6H2,1-5H3;2*1H;/q;2*-1;;;+2/p-2. The molecule has 0 aliphatic heterocycles. The zero-order valence-electron chi connectivity index (χ0n) is 26.5. The molecule has 0 bridgehead atoms. The molecule has 0 unspecified atom stereocenters. The second kappa shape index (κ2) is 16.6. The molecule has 0 aromatic heterocycles. The fourth-order valence-electron chi connectivity index (χ4n) is 5.31. The fourth-order valence-corrected chi connectivity index (χ4v) is 6.13. The largest absolute Gasteiger partial charge is 1.00 e. The zero-order valence-corrected chi connectivity index (χ0v) is 30.5. The molecule has 0 spiro atoms. The third-order valence-corrected chi connectivity index (χ3v) is 9.02. The van der Waals surface area contributed by atoms with Crippen molar-refractivity contribution in [2.24, 2.45) is 0 Å². The number of rotatable bonds is 3. The van der Waals surface area contributed by atoms with Gasteiger partial charge >= 0.3 is 112 Å². The van der Waals surface area contributed by atoms with Crippen LogP contribution in [0.15, 0.2) is 103 Å². The van der Waals surface area contributed by atoms with E-state index < -0.39 is 0 Å². The maximum absolute atomic E-state index is 3.30. The van der Waals surface area contributed by atoms with E-state index in [2.05, 4.69) is 152 Å². The Morgan fingerprint density at radius 2 is 1.30 bits per heavy atom. The predicted molar refractivity (Wildman–Crippen MR) is 174 cm³/mol. The molecule has 1 aliphatic carbocycles. The van der Waals surface area contributed by atoms with E-state index in [1.807, 2.05) is 6.07 Å². The summed E-state index contributed by atoms with van der Waals surface area (Å²) in [5.74, 6) is 0. The molecule has 1 aliphatic rings. The average molecular weight is 685 g/mol. The summed E-state index contributed by atoms with van der Waals surface area (Å²) in [5, 5.41) is 0. The van der Waals surface area contributed by atoms with Gasteiger partial charge in [0.05, 0.1) is 0 Å². The number of benzene rings is 4. The molecule has 0 amide bonds. The van der Waals surface area contributed by atoms with Crippen molar-refractivity contribution in [2.75, 3.05) is 0 Å². The minimum absolute atomic E-state index is 0. The SMILES string of the molecule is CCc1[cH-]c(C)cc1C(C)(C)C.Cc1ccc([C](=[Zr+2])c2ccc(C)cc2)cc1.[Cl-].[Cl-].[c-]1cccc2c1Cc1ccccc1-2. The van der Waals surface area contributed by atoms with Gasteiger partial charge in [-0.25, -0.2) is 6.07 Å². The van der Waals surface area contributed by atoms with Gasteiger partial charge in [0, 0.05) is 0 Å². The van der Waals surface area contributed by atoms with Crippen LogP contribution < -0.4 is 24.8 Å². The monoisotopic (exact) mass is 682 g/mol. The predicted octanol–water partition coefficient (Wildman–Crippen LogP) is 4.06. The molecule has 0 heterocycles. The van der Waals surface area contributed by atoms with Crippen molar-refractivity contribution in [1.82, 2.24) is 0 Å². The molecule has 43 heavy (non-hydrogen) atoms. The summed E-state index contributed by atoms with van der Waals surface area (Å²) < 4.78 is 1.42. The van der Waals surface area contributed by atoms with Crippen molar-refractivity contribution in [2.45, 2.75) is 66.7 Å². The number of fused-ring (bicyclic) bond motifs is 3. The Morgan fingerprint density at radius 3 is 1.81 bits per heavy atom. The molecule has 5 aromatic rings. The molecule has 0 saturated carbocycles. The quantitative estimate of drug-likeness (QED) is 0.247. The molecule has 222 valence electrons. The van der Waals surface area contributed by atoms with Crippen LogP contribution in [0, 0.1) is 26.8 Å². The molecule has 0 N–H and O–H groups in total. The summed E-state index contributed by atoms with van der Waals surface area (Å²) in [6, 6.07) is 40.3. The summed E-state index contributed by atoms with van der Waals surface area (Å²) in [5.41, 5.74) is 15.6. The number of halogens is 2. The second-order valence-electron chi connectivity index (χ2n) is 12.1. The molecule has 5 aromatic carbocycles. The summed E-state index contributed by atoms with van der Waals surface area (Å²) in [6.45, 7) is 15.5. The average Bonchev–Trinajstić information content (AvgIpc) is 3.54. The maximum atomic E-state index is 3.30. The minimum atomic E-state index is 0. The first-order valence-electron chi connectivity index (χ1n) is 14.6. The van der Waals surface area contributed by atoms with Crippen LogP contribution in [-0.4, -0.2) is 3.21 Å². The van der Waals surface area contributed by atoms with Gasteiger partial charge in [-0.15, -0.1) is 5.56 Å². The summed E-state index contributed by atoms with van der Waals surface area (Å²) in [6.07, 6.45) is 2.20. The number of hydrogen-bond donors (Lipinski definition) is 0. The molecule has 3 heteroatoms. The second-order valence-corrected chi connectivity index (χ2v) is 13.3. The number of aryl methyl sites for hydroxylation is 4. The van der Waals surface area contributed by atoms with Crippen LogP contribution in [0.1, 0.15) is 77.8 Å².